The van der Waals surface area contributed by atoms with Crippen LogP contribution in [-0.2, 0) is 11.8 Å². The van der Waals surface area contributed by atoms with E-state index in [0.29, 0.717) is 16.3 Å². The molecule has 0 fully saturated rings. The summed E-state index contributed by atoms with van der Waals surface area (Å²) in [5.41, 5.74) is 1.32. The Morgan fingerprint density at radius 1 is 1.65 bits per heavy atom. The van der Waals surface area contributed by atoms with Crippen LogP contribution in [-0.4, -0.2) is 21.8 Å². The van der Waals surface area contributed by atoms with Crippen LogP contribution >= 0.6 is 23.2 Å². The van der Waals surface area contributed by atoms with Gasteiger partial charge in [0.2, 0.25) is 5.76 Å². The molecular weight excluding hydrogens is 267 g/mol. The summed E-state index contributed by atoms with van der Waals surface area (Å²) in [6, 6.07) is 1.30. The van der Waals surface area contributed by atoms with Gasteiger partial charge >= 0.3 is 5.97 Å². The van der Waals surface area contributed by atoms with E-state index in [0.717, 1.165) is 0 Å². The highest BCUT2D eigenvalue weighted by atomic mass is 35.5. The smallest absolute Gasteiger partial charge is 0.375 e. The second-order valence-corrected chi connectivity index (χ2v) is 3.83. The molecule has 0 N–H and O–H groups in total. The first-order valence-electron chi connectivity index (χ1n) is 4.63. The van der Waals surface area contributed by atoms with Gasteiger partial charge in [0.05, 0.1) is 16.9 Å². The van der Waals surface area contributed by atoms with E-state index in [1.54, 1.807) is 11.7 Å². The number of furan rings is 1. The van der Waals surface area contributed by atoms with E-state index in [9.17, 15) is 4.79 Å². The lowest BCUT2D eigenvalue weighted by atomic mass is 10.2. The average molecular weight is 275 g/mol. The summed E-state index contributed by atoms with van der Waals surface area (Å²) in [5, 5.41) is 4.47. The number of alkyl halides is 1. The lowest BCUT2D eigenvalue weighted by Crippen LogP contribution is -2.01. The van der Waals surface area contributed by atoms with Crippen LogP contribution in [0.3, 0.4) is 0 Å². The number of halogens is 2. The third kappa shape index (κ3) is 2.30. The highest BCUT2D eigenvalue weighted by molar-refractivity contribution is 6.33. The van der Waals surface area contributed by atoms with E-state index >= 15 is 0 Å². The Balaban J connectivity index is 2.33. The highest BCUT2D eigenvalue weighted by Crippen LogP contribution is 2.28. The third-order valence-electron chi connectivity index (χ3n) is 2.15. The van der Waals surface area contributed by atoms with Crippen LogP contribution in [0.2, 0.25) is 5.02 Å². The molecule has 0 atom stereocenters. The molecule has 7 heteroatoms. The fraction of sp³-hybridized carbons (Fsp3) is 0.200. The molecule has 0 aromatic carbocycles. The predicted octanol–water partition coefficient (Wildman–Crippen LogP) is 2.69. The Hall–Kier alpha value is -1.46. The molecule has 0 amide bonds. The summed E-state index contributed by atoms with van der Waals surface area (Å²) in [4.78, 5) is 11.3. The minimum atomic E-state index is -0.621. The number of esters is 1. The van der Waals surface area contributed by atoms with E-state index in [2.05, 4.69) is 9.84 Å². The van der Waals surface area contributed by atoms with Crippen LogP contribution in [0.25, 0.3) is 11.3 Å². The molecule has 2 rings (SSSR count). The van der Waals surface area contributed by atoms with Crippen molar-refractivity contribution >= 4 is 29.2 Å². The zero-order chi connectivity index (χ0) is 12.4. The van der Waals surface area contributed by atoms with Crippen LogP contribution in [0.5, 0.6) is 0 Å². The molecule has 2 heterocycles. The summed E-state index contributed by atoms with van der Waals surface area (Å²) < 4.78 is 11.3. The molecule has 0 radical (unpaired) electrons. The maximum atomic E-state index is 11.3. The van der Waals surface area contributed by atoms with E-state index in [4.69, 9.17) is 27.6 Å². The Morgan fingerprint density at radius 2 is 2.41 bits per heavy atom. The molecule has 0 spiro atoms. The molecule has 17 heavy (non-hydrogen) atoms. The van der Waals surface area contributed by atoms with Crippen molar-refractivity contribution < 1.29 is 13.9 Å². The first-order chi connectivity index (χ1) is 8.13. The monoisotopic (exact) mass is 274 g/mol. The molecule has 2 aromatic heterocycles. The summed E-state index contributed by atoms with van der Waals surface area (Å²) in [6.45, 7) is 0. The highest BCUT2D eigenvalue weighted by Gasteiger charge is 2.16. The fourth-order valence-electron chi connectivity index (χ4n) is 1.42. The van der Waals surface area contributed by atoms with Crippen molar-refractivity contribution in [1.29, 1.82) is 0 Å². The maximum Gasteiger partial charge on any atom is 0.375 e. The van der Waals surface area contributed by atoms with Gasteiger partial charge in [-0.3, -0.25) is 4.68 Å². The summed E-state index contributed by atoms with van der Waals surface area (Å²) in [7, 11) is 1.74. The standard InChI is InChI=1S/C10H8Cl2N2O3/c1-14-9(7(12)3-13-14)6-2-8(16-4-6)10(15)17-5-11/h2-4H,5H2,1H3. The van der Waals surface area contributed by atoms with E-state index in [-0.39, 0.29) is 11.8 Å². The Labute approximate surface area is 107 Å². The second kappa shape index (κ2) is 4.81. The molecular formula is C10H8Cl2N2O3. The Bertz CT molecular complexity index is 528. The number of aryl methyl sites for hydroxylation is 1. The first-order valence-corrected chi connectivity index (χ1v) is 5.54. The van der Waals surface area contributed by atoms with Gasteiger partial charge in [0, 0.05) is 18.7 Å². The number of ether oxygens (including phenoxy) is 1. The molecule has 0 saturated heterocycles. The quantitative estimate of drug-likeness (QED) is 0.638. The van der Waals surface area contributed by atoms with Crippen molar-refractivity contribution in [1.82, 2.24) is 9.78 Å². The summed E-state index contributed by atoms with van der Waals surface area (Å²) in [5.74, 6) is -0.553. The van der Waals surface area contributed by atoms with Gasteiger partial charge in [-0.15, -0.1) is 0 Å². The normalized spacial score (nSPS) is 10.5. The first kappa shape index (κ1) is 12.0. The van der Waals surface area contributed by atoms with Crippen molar-refractivity contribution in [3.63, 3.8) is 0 Å². The molecule has 2 aromatic rings. The number of aromatic nitrogens is 2. The third-order valence-corrected chi connectivity index (χ3v) is 2.54. The number of carbonyl (C=O) groups excluding carboxylic acids is 1. The molecule has 0 aliphatic heterocycles. The van der Waals surface area contributed by atoms with Gasteiger partial charge in [-0.05, 0) is 0 Å². The van der Waals surface area contributed by atoms with E-state index < -0.39 is 5.97 Å². The number of nitrogens with zero attached hydrogens (tertiary/aromatic N) is 2. The van der Waals surface area contributed by atoms with Crippen LogP contribution < -0.4 is 0 Å². The zero-order valence-corrected chi connectivity index (χ0v) is 10.3. The summed E-state index contributed by atoms with van der Waals surface area (Å²) in [6.07, 6.45) is 2.92. The summed E-state index contributed by atoms with van der Waals surface area (Å²) >= 11 is 11.3. The van der Waals surface area contributed by atoms with Crippen molar-refractivity contribution in [2.24, 2.45) is 7.05 Å². The lowest BCUT2D eigenvalue weighted by Gasteiger charge is -1.97. The molecule has 0 unspecified atom stereocenters. The molecule has 0 bridgehead atoms. The van der Waals surface area contributed by atoms with Gasteiger partial charge in [-0.25, -0.2) is 4.79 Å². The maximum absolute atomic E-state index is 11.3. The van der Waals surface area contributed by atoms with E-state index in [1.807, 2.05) is 0 Å². The van der Waals surface area contributed by atoms with Crippen molar-refractivity contribution in [2.45, 2.75) is 0 Å². The molecule has 0 aliphatic rings. The minimum Gasteiger partial charge on any atom is -0.457 e. The molecule has 5 nitrogen and oxygen atoms in total. The van der Waals surface area contributed by atoms with Gasteiger partial charge < -0.3 is 9.15 Å². The largest absolute Gasteiger partial charge is 0.457 e. The van der Waals surface area contributed by atoms with Crippen LogP contribution in [0.15, 0.2) is 22.9 Å². The predicted molar refractivity (Wildman–Crippen MR) is 62.1 cm³/mol. The minimum absolute atomic E-state index is 0.0675. The molecule has 90 valence electrons. The number of hydrogen-bond donors (Lipinski definition) is 0. The zero-order valence-electron chi connectivity index (χ0n) is 8.81. The second-order valence-electron chi connectivity index (χ2n) is 3.21. The topological polar surface area (TPSA) is 57.3 Å². The SMILES string of the molecule is Cn1ncc(Cl)c1-c1coc(C(=O)OCCl)c1. The van der Waals surface area contributed by atoms with Gasteiger partial charge in [0.15, 0.2) is 6.07 Å². The number of hydrogen-bond acceptors (Lipinski definition) is 4. The molecule has 0 aliphatic carbocycles. The van der Waals surface area contributed by atoms with Gasteiger partial charge in [-0.1, -0.05) is 23.2 Å². The number of rotatable bonds is 3. The van der Waals surface area contributed by atoms with Crippen LogP contribution in [0.1, 0.15) is 10.6 Å². The average Bonchev–Trinajstić information content (AvgIpc) is 2.86. The number of carbonyl (C=O) groups is 1. The van der Waals surface area contributed by atoms with Gasteiger partial charge in [-0.2, -0.15) is 5.10 Å². The van der Waals surface area contributed by atoms with Gasteiger partial charge in [0.1, 0.15) is 6.26 Å². The Morgan fingerprint density at radius 3 is 3.00 bits per heavy atom. The van der Waals surface area contributed by atoms with Crippen molar-refractivity contribution in [3.8, 4) is 11.3 Å². The van der Waals surface area contributed by atoms with Gasteiger partial charge in [0.25, 0.3) is 0 Å². The van der Waals surface area contributed by atoms with E-state index in [1.165, 1.54) is 18.5 Å². The van der Waals surface area contributed by atoms with Crippen molar-refractivity contribution in [3.05, 3.63) is 29.3 Å². The Kier molecular flexibility index (Phi) is 3.40. The van der Waals surface area contributed by atoms with Crippen LogP contribution in [0, 0.1) is 0 Å². The van der Waals surface area contributed by atoms with Crippen LogP contribution in [0.4, 0.5) is 0 Å². The van der Waals surface area contributed by atoms with Crippen molar-refractivity contribution in [2.75, 3.05) is 6.07 Å². The fourth-order valence-corrected chi connectivity index (χ4v) is 1.80. The molecule has 0 saturated carbocycles. The lowest BCUT2D eigenvalue weighted by molar-refractivity contribution is 0.0538.